The van der Waals surface area contributed by atoms with Gasteiger partial charge in [-0.15, -0.1) is 11.8 Å². The van der Waals surface area contributed by atoms with Gasteiger partial charge in [-0.25, -0.2) is 0 Å². The van der Waals surface area contributed by atoms with Crippen molar-refractivity contribution in [2.45, 2.75) is 32.6 Å². The van der Waals surface area contributed by atoms with Gasteiger partial charge in [0.2, 0.25) is 0 Å². The lowest BCUT2D eigenvalue weighted by molar-refractivity contribution is -0.114. The second kappa shape index (κ2) is 4.60. The van der Waals surface area contributed by atoms with Crippen LogP contribution in [0.5, 0.6) is 0 Å². The fourth-order valence-electron chi connectivity index (χ4n) is 1.03. The summed E-state index contributed by atoms with van der Waals surface area (Å²) >= 11 is 1.85. The van der Waals surface area contributed by atoms with Crippen molar-refractivity contribution in [3.05, 3.63) is 11.0 Å². The summed E-state index contributed by atoms with van der Waals surface area (Å²) in [5.41, 5.74) is 0. The Balaban J connectivity index is 2.17. The van der Waals surface area contributed by atoms with E-state index in [4.69, 9.17) is 0 Å². The van der Waals surface area contributed by atoms with Crippen molar-refractivity contribution in [3.8, 4) is 0 Å². The summed E-state index contributed by atoms with van der Waals surface area (Å²) < 4.78 is 0. The first-order valence-electron chi connectivity index (χ1n) is 4.19. The molecular weight excluding hydrogens is 156 g/mol. The molecule has 0 aromatic carbocycles. The Morgan fingerprint density at radius 1 is 1.55 bits per heavy atom. The van der Waals surface area contributed by atoms with E-state index in [2.05, 4.69) is 6.92 Å². The van der Waals surface area contributed by atoms with Gasteiger partial charge < -0.3 is 0 Å². The maximum atomic E-state index is 10.8. The van der Waals surface area contributed by atoms with E-state index in [-0.39, 0.29) is 0 Å². The lowest BCUT2D eigenvalue weighted by atomic mass is 10.3. The molecule has 0 aliphatic heterocycles. The van der Waals surface area contributed by atoms with Crippen molar-refractivity contribution in [2.75, 3.05) is 5.75 Å². The number of hydrogen-bond acceptors (Lipinski definition) is 2. The van der Waals surface area contributed by atoms with Crippen molar-refractivity contribution in [3.63, 3.8) is 0 Å². The van der Waals surface area contributed by atoms with E-state index < -0.39 is 0 Å². The van der Waals surface area contributed by atoms with Crippen molar-refractivity contribution in [1.29, 1.82) is 0 Å². The third kappa shape index (κ3) is 3.10. The van der Waals surface area contributed by atoms with Gasteiger partial charge in [-0.3, -0.25) is 4.79 Å². The number of allylic oxidation sites excluding steroid dienone is 2. The molecule has 0 spiro atoms. The van der Waals surface area contributed by atoms with Gasteiger partial charge in [0.25, 0.3) is 0 Å². The molecular formula is C9H14OS. The first-order valence-corrected chi connectivity index (χ1v) is 5.17. The molecule has 0 bridgehead atoms. The molecule has 0 aromatic rings. The van der Waals surface area contributed by atoms with Gasteiger partial charge in [0, 0.05) is 6.42 Å². The number of hydrogen-bond donors (Lipinski definition) is 0. The van der Waals surface area contributed by atoms with Crippen LogP contribution in [0.25, 0.3) is 0 Å². The summed E-state index contributed by atoms with van der Waals surface area (Å²) in [5, 5.41) is 0. The number of carbonyl (C=O) groups is 1. The molecule has 2 heteroatoms. The second-order valence-electron chi connectivity index (χ2n) is 2.78. The summed E-state index contributed by atoms with van der Waals surface area (Å²) in [5.74, 6) is 1.49. The van der Waals surface area contributed by atoms with Crippen molar-refractivity contribution in [2.24, 2.45) is 0 Å². The second-order valence-corrected chi connectivity index (χ2v) is 4.00. The highest BCUT2D eigenvalue weighted by Crippen LogP contribution is 2.27. The topological polar surface area (TPSA) is 17.1 Å². The Bertz CT molecular complexity index is 172. The smallest absolute Gasteiger partial charge is 0.156 e. The molecule has 11 heavy (non-hydrogen) atoms. The third-order valence-corrected chi connectivity index (χ3v) is 2.91. The molecule has 0 saturated heterocycles. The fraction of sp³-hybridized carbons (Fsp3) is 0.667. The van der Waals surface area contributed by atoms with Gasteiger partial charge in [-0.2, -0.15) is 0 Å². The number of rotatable bonds is 4. The highest BCUT2D eigenvalue weighted by Gasteiger charge is 2.11. The highest BCUT2D eigenvalue weighted by molar-refractivity contribution is 8.03. The van der Waals surface area contributed by atoms with Gasteiger partial charge in [0.15, 0.2) is 5.78 Å². The molecule has 1 nitrogen and oxygen atoms in total. The lowest BCUT2D eigenvalue weighted by Gasteiger charge is -1.97. The molecule has 0 unspecified atom stereocenters. The molecule has 0 saturated carbocycles. The van der Waals surface area contributed by atoms with Crippen LogP contribution in [0.2, 0.25) is 0 Å². The summed E-state index contributed by atoms with van der Waals surface area (Å²) in [6, 6.07) is 0. The van der Waals surface area contributed by atoms with Gasteiger partial charge in [0.05, 0.1) is 0 Å². The molecule has 0 atom stereocenters. The summed E-state index contributed by atoms with van der Waals surface area (Å²) in [4.78, 5) is 12.1. The van der Waals surface area contributed by atoms with Crippen LogP contribution in [0.1, 0.15) is 32.6 Å². The van der Waals surface area contributed by atoms with Crippen LogP contribution in [0.15, 0.2) is 11.0 Å². The number of thioether (sulfide) groups is 1. The number of unbranched alkanes of at least 4 members (excludes halogenated alkanes) is 1. The molecule has 0 aromatic heterocycles. The molecule has 0 radical (unpaired) electrons. The van der Waals surface area contributed by atoms with Crippen LogP contribution < -0.4 is 0 Å². The Hall–Kier alpha value is -0.240. The Kier molecular flexibility index (Phi) is 3.70. The number of carbonyl (C=O) groups excluding carboxylic acids is 1. The maximum absolute atomic E-state index is 10.8. The van der Waals surface area contributed by atoms with Gasteiger partial charge in [-0.1, -0.05) is 13.3 Å². The summed E-state index contributed by atoms with van der Waals surface area (Å²) in [7, 11) is 0. The average Bonchev–Trinajstić information content (AvgIpc) is 2.37. The minimum atomic E-state index is 0.309. The van der Waals surface area contributed by atoms with E-state index in [1.54, 1.807) is 6.08 Å². The normalized spacial score (nSPS) is 17.2. The van der Waals surface area contributed by atoms with E-state index in [0.717, 1.165) is 12.8 Å². The standard InChI is InChI=1S/C9H14OS/c1-2-3-6-11-9-5-4-8(10)7-9/h7H,2-6H2,1H3. The predicted octanol–water partition coefficient (Wildman–Crippen LogP) is 2.77. The van der Waals surface area contributed by atoms with Gasteiger partial charge >= 0.3 is 0 Å². The number of ketones is 1. The van der Waals surface area contributed by atoms with Gasteiger partial charge in [0.1, 0.15) is 0 Å². The first-order chi connectivity index (χ1) is 5.33. The van der Waals surface area contributed by atoms with E-state index in [0.29, 0.717) is 5.78 Å². The average molecular weight is 170 g/mol. The van der Waals surface area contributed by atoms with E-state index in [9.17, 15) is 4.79 Å². The van der Waals surface area contributed by atoms with Crippen molar-refractivity contribution < 1.29 is 4.79 Å². The van der Waals surface area contributed by atoms with E-state index in [1.165, 1.54) is 23.5 Å². The maximum Gasteiger partial charge on any atom is 0.156 e. The summed E-state index contributed by atoms with van der Waals surface area (Å²) in [6.45, 7) is 2.19. The Morgan fingerprint density at radius 2 is 2.36 bits per heavy atom. The van der Waals surface area contributed by atoms with E-state index in [1.807, 2.05) is 11.8 Å². The lowest BCUT2D eigenvalue weighted by Crippen LogP contribution is -1.80. The molecule has 0 fully saturated rings. The largest absolute Gasteiger partial charge is 0.295 e. The predicted molar refractivity (Wildman–Crippen MR) is 49.7 cm³/mol. The third-order valence-electron chi connectivity index (χ3n) is 1.73. The van der Waals surface area contributed by atoms with E-state index >= 15 is 0 Å². The summed E-state index contributed by atoms with van der Waals surface area (Å²) in [6.07, 6.45) is 6.05. The minimum absolute atomic E-state index is 0.309. The zero-order chi connectivity index (χ0) is 8.10. The van der Waals surface area contributed by atoms with Gasteiger partial charge in [-0.05, 0) is 29.6 Å². The molecule has 1 rings (SSSR count). The van der Waals surface area contributed by atoms with Crippen LogP contribution >= 0.6 is 11.8 Å². The zero-order valence-electron chi connectivity index (χ0n) is 6.93. The SMILES string of the molecule is CCCCSC1=CC(=O)CC1. The Morgan fingerprint density at radius 3 is 2.91 bits per heavy atom. The Labute approximate surface area is 72.2 Å². The minimum Gasteiger partial charge on any atom is -0.295 e. The zero-order valence-corrected chi connectivity index (χ0v) is 7.75. The van der Waals surface area contributed by atoms with Crippen molar-refractivity contribution >= 4 is 17.5 Å². The fourth-order valence-corrected chi connectivity index (χ4v) is 2.19. The molecule has 0 N–H and O–H groups in total. The van der Waals surface area contributed by atoms with Crippen LogP contribution in [0, 0.1) is 0 Å². The molecule has 0 amide bonds. The van der Waals surface area contributed by atoms with Crippen molar-refractivity contribution in [1.82, 2.24) is 0 Å². The van der Waals surface area contributed by atoms with Crippen LogP contribution in [-0.4, -0.2) is 11.5 Å². The molecule has 0 heterocycles. The van der Waals surface area contributed by atoms with Crippen LogP contribution in [0.3, 0.4) is 0 Å². The first kappa shape index (κ1) is 8.85. The van der Waals surface area contributed by atoms with Crippen LogP contribution in [-0.2, 0) is 4.79 Å². The molecule has 1 aliphatic rings. The molecule has 62 valence electrons. The highest BCUT2D eigenvalue weighted by atomic mass is 32.2. The monoisotopic (exact) mass is 170 g/mol. The quantitative estimate of drug-likeness (QED) is 0.603. The van der Waals surface area contributed by atoms with Crippen LogP contribution in [0.4, 0.5) is 0 Å². The molecule has 1 aliphatic carbocycles.